The quantitative estimate of drug-likeness (QED) is 0.794. The van der Waals surface area contributed by atoms with Gasteiger partial charge < -0.3 is 5.73 Å². The zero-order chi connectivity index (χ0) is 13.8. The minimum atomic E-state index is 0.218. The Kier molecular flexibility index (Phi) is 3.04. The molecule has 1 spiro atoms. The second kappa shape index (κ2) is 4.27. The maximum Gasteiger partial charge on any atom is 0.0900 e. The molecule has 4 heteroatoms. The van der Waals surface area contributed by atoms with Crippen LogP contribution in [0.15, 0.2) is 0 Å². The molecule has 1 saturated heterocycles. The number of likely N-dealkylation sites (tertiary alicyclic amines) is 1. The maximum absolute atomic E-state index is 6.58. The van der Waals surface area contributed by atoms with Crippen LogP contribution in [-0.2, 0) is 6.42 Å². The van der Waals surface area contributed by atoms with Crippen LogP contribution in [-0.4, -0.2) is 28.5 Å². The van der Waals surface area contributed by atoms with Crippen molar-refractivity contribution in [2.75, 3.05) is 13.1 Å². The minimum absolute atomic E-state index is 0.218. The average Bonchev–Trinajstić information content (AvgIpc) is 2.77. The number of nitrogens with zero attached hydrogens (tertiary/aromatic N) is 2. The lowest BCUT2D eigenvalue weighted by atomic mass is 9.73. The normalized spacial score (nSPS) is 26.9. The topological polar surface area (TPSA) is 42.1 Å². The molecular weight excluding hydrogens is 254 g/mol. The number of hydrogen-bond acceptors (Lipinski definition) is 4. The van der Waals surface area contributed by atoms with E-state index >= 15 is 0 Å². The first kappa shape index (κ1) is 13.5. The Balaban J connectivity index is 1.77. The van der Waals surface area contributed by atoms with Gasteiger partial charge in [-0.15, -0.1) is 11.3 Å². The molecule has 1 aliphatic carbocycles. The molecule has 2 N–H and O–H groups in total. The summed E-state index contributed by atoms with van der Waals surface area (Å²) in [6, 6.07) is 0.218. The Hall–Kier alpha value is -0.450. The van der Waals surface area contributed by atoms with E-state index in [1.54, 1.807) is 0 Å². The highest BCUT2D eigenvalue weighted by molar-refractivity contribution is 7.11. The number of aryl methyl sites for hydroxylation is 1. The molecule has 0 aromatic carbocycles. The van der Waals surface area contributed by atoms with Gasteiger partial charge in [0.2, 0.25) is 0 Å². The lowest BCUT2D eigenvalue weighted by Crippen LogP contribution is -2.51. The SMILES string of the molecule is Cc1nc2c(s1)[C@H](N)C1(CCN(C(C)(C)C)CC1)C2. The van der Waals surface area contributed by atoms with Gasteiger partial charge in [0.15, 0.2) is 0 Å². The van der Waals surface area contributed by atoms with Crippen LogP contribution < -0.4 is 5.73 Å². The first-order chi connectivity index (χ1) is 8.82. The summed E-state index contributed by atoms with van der Waals surface area (Å²) in [6.07, 6.45) is 3.53. The zero-order valence-electron chi connectivity index (χ0n) is 12.5. The van der Waals surface area contributed by atoms with Crippen molar-refractivity contribution in [2.24, 2.45) is 11.1 Å². The molecule has 3 nitrogen and oxygen atoms in total. The Morgan fingerprint density at radius 2 is 1.95 bits per heavy atom. The fourth-order valence-electron chi connectivity index (χ4n) is 3.69. The van der Waals surface area contributed by atoms with E-state index in [-0.39, 0.29) is 11.6 Å². The second-order valence-corrected chi connectivity index (χ2v) is 8.45. The third kappa shape index (κ3) is 2.14. The summed E-state index contributed by atoms with van der Waals surface area (Å²) in [5.41, 5.74) is 8.44. The van der Waals surface area contributed by atoms with Crippen molar-refractivity contribution in [1.29, 1.82) is 0 Å². The van der Waals surface area contributed by atoms with E-state index in [4.69, 9.17) is 5.73 Å². The second-order valence-electron chi connectivity index (χ2n) is 7.22. The molecule has 1 aromatic heterocycles. The van der Waals surface area contributed by atoms with Gasteiger partial charge in [-0.3, -0.25) is 4.90 Å². The molecule has 3 rings (SSSR count). The van der Waals surface area contributed by atoms with Crippen LogP contribution in [0.5, 0.6) is 0 Å². The van der Waals surface area contributed by atoms with E-state index in [1.807, 2.05) is 11.3 Å². The van der Waals surface area contributed by atoms with Crippen molar-refractivity contribution in [2.45, 2.75) is 58.5 Å². The molecule has 0 saturated carbocycles. The molecule has 1 aliphatic heterocycles. The number of aromatic nitrogens is 1. The fraction of sp³-hybridized carbons (Fsp3) is 0.800. The molecule has 1 aromatic rings. The molecule has 2 aliphatic rings. The van der Waals surface area contributed by atoms with Gasteiger partial charge in [-0.05, 0) is 65.5 Å². The van der Waals surface area contributed by atoms with Crippen LogP contribution in [0, 0.1) is 12.3 Å². The standard InChI is InChI=1S/C15H25N3S/c1-10-17-11-9-15(13(16)12(11)19-10)5-7-18(8-6-15)14(2,3)4/h13H,5-9,16H2,1-4H3/t13-/m0/s1. The van der Waals surface area contributed by atoms with E-state index in [9.17, 15) is 0 Å². The van der Waals surface area contributed by atoms with Gasteiger partial charge in [0.05, 0.1) is 10.7 Å². The first-order valence-corrected chi connectivity index (χ1v) is 8.10. The van der Waals surface area contributed by atoms with Crippen LogP contribution in [0.2, 0.25) is 0 Å². The molecule has 1 atom stereocenters. The number of thiazole rings is 1. The van der Waals surface area contributed by atoms with E-state index in [1.165, 1.54) is 41.5 Å². The zero-order valence-corrected chi connectivity index (χ0v) is 13.3. The van der Waals surface area contributed by atoms with Gasteiger partial charge in [0.25, 0.3) is 0 Å². The van der Waals surface area contributed by atoms with Crippen molar-refractivity contribution < 1.29 is 0 Å². The molecule has 1 fully saturated rings. The van der Waals surface area contributed by atoms with E-state index in [2.05, 4.69) is 37.6 Å². The largest absolute Gasteiger partial charge is 0.323 e. The first-order valence-electron chi connectivity index (χ1n) is 7.29. The Bertz CT molecular complexity index is 478. The van der Waals surface area contributed by atoms with Crippen LogP contribution in [0.25, 0.3) is 0 Å². The van der Waals surface area contributed by atoms with Crippen molar-refractivity contribution in [1.82, 2.24) is 9.88 Å². The smallest absolute Gasteiger partial charge is 0.0900 e. The third-order valence-corrected chi connectivity index (χ3v) is 6.10. The Morgan fingerprint density at radius 3 is 2.47 bits per heavy atom. The van der Waals surface area contributed by atoms with Gasteiger partial charge in [0.1, 0.15) is 0 Å². The number of fused-ring (bicyclic) bond motifs is 1. The van der Waals surface area contributed by atoms with Gasteiger partial charge >= 0.3 is 0 Å². The van der Waals surface area contributed by atoms with Crippen molar-refractivity contribution in [3.05, 3.63) is 15.6 Å². The molecular formula is C15H25N3S. The summed E-state index contributed by atoms with van der Waals surface area (Å²) in [7, 11) is 0. The lowest BCUT2D eigenvalue weighted by Gasteiger charge is -2.46. The monoisotopic (exact) mass is 279 g/mol. The average molecular weight is 279 g/mol. The van der Waals surface area contributed by atoms with Crippen LogP contribution in [0.3, 0.4) is 0 Å². The van der Waals surface area contributed by atoms with Crippen molar-refractivity contribution in [3.8, 4) is 0 Å². The highest BCUT2D eigenvalue weighted by Gasteiger charge is 2.48. The molecule has 2 heterocycles. The number of rotatable bonds is 0. The Morgan fingerprint density at radius 1 is 1.32 bits per heavy atom. The predicted octanol–water partition coefficient (Wildman–Crippen LogP) is 2.89. The molecule has 0 radical (unpaired) electrons. The summed E-state index contributed by atoms with van der Waals surface area (Å²) >= 11 is 1.81. The van der Waals surface area contributed by atoms with Gasteiger partial charge in [0, 0.05) is 16.5 Å². The van der Waals surface area contributed by atoms with Crippen LogP contribution >= 0.6 is 11.3 Å². The van der Waals surface area contributed by atoms with Gasteiger partial charge in [-0.1, -0.05) is 0 Å². The van der Waals surface area contributed by atoms with Gasteiger partial charge in [-0.2, -0.15) is 0 Å². The van der Waals surface area contributed by atoms with E-state index < -0.39 is 0 Å². The summed E-state index contributed by atoms with van der Waals surface area (Å²) in [4.78, 5) is 8.64. The molecule has 0 amide bonds. The molecule has 0 bridgehead atoms. The van der Waals surface area contributed by atoms with E-state index in [0.717, 1.165) is 6.42 Å². The highest BCUT2D eigenvalue weighted by Crippen LogP contribution is 2.52. The summed E-state index contributed by atoms with van der Waals surface area (Å²) in [5, 5.41) is 1.17. The number of nitrogens with two attached hydrogens (primary N) is 1. The van der Waals surface area contributed by atoms with Crippen molar-refractivity contribution in [3.63, 3.8) is 0 Å². The van der Waals surface area contributed by atoms with Gasteiger partial charge in [-0.25, -0.2) is 4.98 Å². The molecule has 0 unspecified atom stereocenters. The maximum atomic E-state index is 6.58. The third-order valence-electron chi connectivity index (χ3n) is 5.00. The molecule has 19 heavy (non-hydrogen) atoms. The van der Waals surface area contributed by atoms with Crippen molar-refractivity contribution >= 4 is 11.3 Å². The number of piperidine rings is 1. The lowest BCUT2D eigenvalue weighted by molar-refractivity contribution is 0.0346. The van der Waals surface area contributed by atoms with Crippen LogP contribution in [0.1, 0.15) is 55.2 Å². The highest BCUT2D eigenvalue weighted by atomic mass is 32.1. The molecule has 106 valence electrons. The van der Waals surface area contributed by atoms with E-state index in [0.29, 0.717) is 5.41 Å². The predicted molar refractivity (Wildman–Crippen MR) is 80.5 cm³/mol. The fourth-order valence-corrected chi connectivity index (χ4v) is 4.77. The summed E-state index contributed by atoms with van der Waals surface area (Å²) < 4.78 is 0. The number of hydrogen-bond donors (Lipinski definition) is 1. The summed E-state index contributed by atoms with van der Waals surface area (Å²) in [6.45, 7) is 11.4. The van der Waals surface area contributed by atoms with Crippen LogP contribution in [0.4, 0.5) is 0 Å². The summed E-state index contributed by atoms with van der Waals surface area (Å²) in [5.74, 6) is 0. The Labute approximate surface area is 120 Å². The minimum Gasteiger partial charge on any atom is -0.323 e.